The average Bonchev–Trinajstić information content (AvgIpc) is 2.79. The summed E-state index contributed by atoms with van der Waals surface area (Å²) in [7, 11) is 0. The second kappa shape index (κ2) is 23.7. The molecule has 0 unspecified atom stereocenters. The van der Waals surface area contributed by atoms with E-state index in [1.54, 1.807) is 0 Å². The SMILES string of the molecule is CCCCCCCCCCCCCCCCCC(=O)C[N+](CCCC)(CCCC)OCC. The molecular formula is C29H60NO2+. The van der Waals surface area contributed by atoms with E-state index in [-0.39, 0.29) is 0 Å². The maximum Gasteiger partial charge on any atom is 0.189 e. The van der Waals surface area contributed by atoms with Crippen LogP contribution in [0.4, 0.5) is 0 Å². The van der Waals surface area contributed by atoms with Crippen molar-refractivity contribution in [3.63, 3.8) is 0 Å². The first-order valence-electron chi connectivity index (χ1n) is 14.7. The number of nitrogens with zero attached hydrogens (tertiary/aromatic N) is 1. The summed E-state index contributed by atoms with van der Waals surface area (Å²) in [6.07, 6.45) is 25.8. The molecule has 0 saturated carbocycles. The van der Waals surface area contributed by atoms with Crippen molar-refractivity contribution in [2.75, 3.05) is 26.2 Å². The van der Waals surface area contributed by atoms with Gasteiger partial charge in [0.15, 0.2) is 12.3 Å². The van der Waals surface area contributed by atoms with Gasteiger partial charge in [0.25, 0.3) is 0 Å². The molecular weight excluding hydrogens is 394 g/mol. The molecule has 0 aromatic carbocycles. The molecule has 0 aliphatic heterocycles. The molecule has 0 N–H and O–H groups in total. The highest BCUT2D eigenvalue weighted by Gasteiger charge is 2.31. The summed E-state index contributed by atoms with van der Waals surface area (Å²) in [6.45, 7) is 12.0. The van der Waals surface area contributed by atoms with Crippen LogP contribution in [0, 0.1) is 0 Å². The first-order chi connectivity index (χ1) is 15.6. The first-order valence-corrected chi connectivity index (χ1v) is 14.7. The molecule has 192 valence electrons. The van der Waals surface area contributed by atoms with E-state index in [0.717, 1.165) is 51.6 Å². The molecule has 0 heterocycles. The van der Waals surface area contributed by atoms with E-state index in [0.29, 0.717) is 23.6 Å². The van der Waals surface area contributed by atoms with Crippen molar-refractivity contribution in [1.82, 2.24) is 0 Å². The Morgan fingerprint density at radius 2 is 0.906 bits per heavy atom. The van der Waals surface area contributed by atoms with Crippen LogP contribution in [0.1, 0.15) is 156 Å². The van der Waals surface area contributed by atoms with Gasteiger partial charge in [0.2, 0.25) is 0 Å². The molecule has 0 aliphatic rings. The van der Waals surface area contributed by atoms with Crippen LogP contribution in [0.2, 0.25) is 0 Å². The summed E-state index contributed by atoms with van der Waals surface area (Å²) >= 11 is 0. The van der Waals surface area contributed by atoms with Crippen LogP contribution in [-0.4, -0.2) is 36.7 Å². The highest BCUT2D eigenvalue weighted by molar-refractivity contribution is 5.79. The van der Waals surface area contributed by atoms with Crippen molar-refractivity contribution in [2.24, 2.45) is 0 Å². The predicted octanol–water partition coefficient (Wildman–Crippen LogP) is 9.19. The number of carbonyl (C=O) groups is 1. The Labute approximate surface area is 202 Å². The minimum atomic E-state index is 0.403. The summed E-state index contributed by atoms with van der Waals surface area (Å²) in [4.78, 5) is 18.8. The van der Waals surface area contributed by atoms with E-state index in [1.165, 1.54) is 89.9 Å². The molecule has 0 saturated heterocycles. The van der Waals surface area contributed by atoms with Crippen LogP contribution in [0.5, 0.6) is 0 Å². The monoisotopic (exact) mass is 454 g/mol. The minimum absolute atomic E-state index is 0.403. The Bertz CT molecular complexity index is 389. The lowest BCUT2D eigenvalue weighted by Gasteiger charge is -2.35. The summed E-state index contributed by atoms with van der Waals surface area (Å²) < 4.78 is 0.565. The van der Waals surface area contributed by atoms with E-state index in [2.05, 4.69) is 27.7 Å². The normalized spacial score (nSPS) is 11.9. The lowest BCUT2D eigenvalue weighted by atomic mass is 10.0. The third-order valence-electron chi connectivity index (χ3n) is 6.77. The van der Waals surface area contributed by atoms with Crippen molar-refractivity contribution >= 4 is 5.78 Å². The first kappa shape index (κ1) is 31.6. The third-order valence-corrected chi connectivity index (χ3v) is 6.77. The van der Waals surface area contributed by atoms with Crippen molar-refractivity contribution in [1.29, 1.82) is 0 Å². The van der Waals surface area contributed by atoms with Crippen molar-refractivity contribution in [3.8, 4) is 0 Å². The number of Topliss-reactive ketones (excluding diaryl/α,β-unsaturated/α-hetero) is 1. The molecule has 0 radical (unpaired) electrons. The zero-order chi connectivity index (χ0) is 23.8. The maximum atomic E-state index is 12.7. The Morgan fingerprint density at radius 1 is 0.531 bits per heavy atom. The highest BCUT2D eigenvalue weighted by Crippen LogP contribution is 2.17. The van der Waals surface area contributed by atoms with Crippen LogP contribution >= 0.6 is 0 Å². The van der Waals surface area contributed by atoms with Crippen molar-refractivity contribution in [3.05, 3.63) is 0 Å². The summed E-state index contributed by atoms with van der Waals surface area (Å²) in [5.41, 5.74) is 0. The summed E-state index contributed by atoms with van der Waals surface area (Å²) in [5, 5.41) is 0. The van der Waals surface area contributed by atoms with Gasteiger partial charge in [-0.25, -0.2) is 4.84 Å². The summed E-state index contributed by atoms with van der Waals surface area (Å²) in [5.74, 6) is 0.403. The molecule has 0 bridgehead atoms. The second-order valence-electron chi connectivity index (χ2n) is 10.0. The largest absolute Gasteiger partial charge is 0.293 e. The topological polar surface area (TPSA) is 26.3 Å². The quantitative estimate of drug-likeness (QED) is 0.0739. The summed E-state index contributed by atoms with van der Waals surface area (Å²) in [6, 6.07) is 0. The number of rotatable bonds is 26. The van der Waals surface area contributed by atoms with Crippen LogP contribution in [-0.2, 0) is 9.63 Å². The van der Waals surface area contributed by atoms with E-state index in [9.17, 15) is 4.79 Å². The van der Waals surface area contributed by atoms with Gasteiger partial charge in [-0.2, -0.15) is 4.65 Å². The van der Waals surface area contributed by atoms with Gasteiger partial charge in [0.05, 0.1) is 0 Å². The molecule has 0 aromatic rings. The molecule has 0 amide bonds. The van der Waals surface area contributed by atoms with Crippen LogP contribution in [0.3, 0.4) is 0 Å². The Hall–Kier alpha value is -0.410. The Morgan fingerprint density at radius 3 is 1.28 bits per heavy atom. The lowest BCUT2D eigenvalue weighted by Crippen LogP contribution is -2.52. The van der Waals surface area contributed by atoms with Gasteiger partial charge < -0.3 is 0 Å². The minimum Gasteiger partial charge on any atom is -0.293 e. The van der Waals surface area contributed by atoms with Crippen LogP contribution in [0.25, 0.3) is 0 Å². The Balaban J connectivity index is 3.77. The second-order valence-corrected chi connectivity index (χ2v) is 10.0. The zero-order valence-corrected chi connectivity index (χ0v) is 22.7. The molecule has 32 heavy (non-hydrogen) atoms. The van der Waals surface area contributed by atoms with Gasteiger partial charge in [-0.15, -0.1) is 0 Å². The zero-order valence-electron chi connectivity index (χ0n) is 22.7. The molecule has 0 atom stereocenters. The third kappa shape index (κ3) is 19.1. The smallest absolute Gasteiger partial charge is 0.189 e. The number of hydrogen-bond donors (Lipinski definition) is 0. The van der Waals surface area contributed by atoms with E-state index >= 15 is 0 Å². The van der Waals surface area contributed by atoms with Crippen LogP contribution in [0.15, 0.2) is 0 Å². The standard InChI is InChI=1S/C29H60NO2/c1-5-9-12-13-14-15-16-17-18-19-20-21-22-23-24-25-29(31)28-30(32-8-4,26-10-6-2)27-11-7-3/h5-28H2,1-4H3/q+1. The number of carbonyl (C=O) groups excluding carboxylic acids is 1. The van der Waals surface area contributed by atoms with Gasteiger partial charge in [-0.05, 0) is 26.2 Å². The number of hydrogen-bond acceptors (Lipinski definition) is 2. The van der Waals surface area contributed by atoms with Gasteiger partial charge in [0, 0.05) is 6.42 Å². The fourth-order valence-electron chi connectivity index (χ4n) is 4.71. The average molecular weight is 455 g/mol. The molecule has 0 spiro atoms. The Kier molecular flexibility index (Phi) is 23.4. The number of ketones is 1. The van der Waals surface area contributed by atoms with E-state index in [1.807, 2.05) is 0 Å². The predicted molar refractivity (Wildman–Crippen MR) is 141 cm³/mol. The van der Waals surface area contributed by atoms with Crippen LogP contribution < -0.4 is 0 Å². The molecule has 0 fully saturated rings. The van der Waals surface area contributed by atoms with E-state index in [4.69, 9.17) is 4.84 Å². The lowest BCUT2D eigenvalue weighted by molar-refractivity contribution is -1.10. The van der Waals surface area contributed by atoms with E-state index < -0.39 is 0 Å². The van der Waals surface area contributed by atoms with Crippen molar-refractivity contribution in [2.45, 2.75) is 156 Å². The van der Waals surface area contributed by atoms with Gasteiger partial charge in [-0.1, -0.05) is 124 Å². The highest BCUT2D eigenvalue weighted by atomic mass is 16.7. The van der Waals surface area contributed by atoms with Gasteiger partial charge >= 0.3 is 0 Å². The van der Waals surface area contributed by atoms with Gasteiger partial charge in [0.1, 0.15) is 19.7 Å². The number of unbranched alkanes of at least 4 members (excludes halogenated alkanes) is 16. The molecule has 3 nitrogen and oxygen atoms in total. The fourth-order valence-corrected chi connectivity index (χ4v) is 4.71. The molecule has 0 rings (SSSR count). The van der Waals surface area contributed by atoms with Crippen molar-refractivity contribution < 1.29 is 14.3 Å². The van der Waals surface area contributed by atoms with Gasteiger partial charge in [-0.3, -0.25) is 4.79 Å². The number of quaternary nitrogens is 1. The fraction of sp³-hybridized carbons (Fsp3) is 0.966. The number of hydroxylamine groups is 3. The molecule has 3 heteroatoms. The maximum absolute atomic E-state index is 12.7. The molecule has 0 aromatic heterocycles. The molecule has 0 aliphatic carbocycles.